The second-order valence-corrected chi connectivity index (χ2v) is 8.21. The quantitative estimate of drug-likeness (QED) is 0.530. The van der Waals surface area contributed by atoms with Gasteiger partial charge >= 0.3 is 0 Å². The van der Waals surface area contributed by atoms with E-state index in [0.29, 0.717) is 5.92 Å². The summed E-state index contributed by atoms with van der Waals surface area (Å²) in [4.78, 5) is 10.8. The molecule has 0 saturated carbocycles. The van der Waals surface area contributed by atoms with Crippen LogP contribution in [0, 0.1) is 19.8 Å². The normalized spacial score (nSPS) is 17.4. The van der Waals surface area contributed by atoms with Gasteiger partial charge in [-0.3, -0.25) is 9.88 Å². The molecule has 29 heavy (non-hydrogen) atoms. The molecule has 0 spiro atoms. The molecule has 1 atom stereocenters. The molecule has 1 saturated heterocycles. The van der Waals surface area contributed by atoms with Crippen LogP contribution in [0.3, 0.4) is 0 Å². The van der Waals surface area contributed by atoms with E-state index >= 15 is 0 Å². The molecule has 3 aromatic heterocycles. The van der Waals surface area contributed by atoms with Gasteiger partial charge in [-0.15, -0.1) is 0 Å². The van der Waals surface area contributed by atoms with Crippen LogP contribution in [0.2, 0.25) is 0 Å². The minimum atomic E-state index is 0.650. The Balaban J connectivity index is 1.25. The Hall–Kier alpha value is -2.92. The molecule has 1 N–H and O–H groups in total. The minimum Gasteiger partial charge on any atom is -0.361 e. The number of likely N-dealkylation sites (tertiary alicyclic amines) is 1. The molecule has 1 aromatic carbocycles. The number of aromatic amines is 1. The van der Waals surface area contributed by atoms with Gasteiger partial charge in [0.2, 0.25) is 0 Å². The third kappa shape index (κ3) is 3.70. The Morgan fingerprint density at radius 3 is 2.97 bits per heavy atom. The molecule has 0 bridgehead atoms. The third-order valence-corrected chi connectivity index (χ3v) is 5.99. The van der Waals surface area contributed by atoms with Crippen LogP contribution in [-0.4, -0.2) is 33.1 Å². The maximum atomic E-state index is 5.32. The lowest BCUT2D eigenvalue weighted by molar-refractivity contribution is 0.316. The van der Waals surface area contributed by atoms with Gasteiger partial charge in [0.1, 0.15) is 5.76 Å². The smallest absolute Gasteiger partial charge is 0.143 e. The summed E-state index contributed by atoms with van der Waals surface area (Å²) < 4.78 is 5.32. The number of nitrogens with one attached hydrogen (secondary N) is 1. The second-order valence-electron chi connectivity index (χ2n) is 8.21. The second kappa shape index (κ2) is 7.48. The molecule has 1 aliphatic rings. The molecule has 5 heteroatoms. The number of fused-ring (bicyclic) bond motifs is 1. The Kier molecular flexibility index (Phi) is 4.68. The van der Waals surface area contributed by atoms with Crippen LogP contribution in [0.15, 0.2) is 53.2 Å². The number of H-pyrrole nitrogens is 1. The van der Waals surface area contributed by atoms with Gasteiger partial charge in [0.25, 0.3) is 0 Å². The van der Waals surface area contributed by atoms with E-state index < -0.39 is 0 Å². The molecule has 4 heterocycles. The number of hydrogen-bond acceptors (Lipinski definition) is 4. The highest BCUT2D eigenvalue weighted by Gasteiger charge is 2.23. The summed E-state index contributed by atoms with van der Waals surface area (Å²) in [7, 11) is 0. The van der Waals surface area contributed by atoms with Crippen LogP contribution in [0.4, 0.5) is 0 Å². The number of aromatic nitrogens is 3. The van der Waals surface area contributed by atoms with Gasteiger partial charge in [-0.2, -0.15) is 0 Å². The van der Waals surface area contributed by atoms with Gasteiger partial charge in [-0.05, 0) is 74.4 Å². The van der Waals surface area contributed by atoms with Gasteiger partial charge in [0.15, 0.2) is 0 Å². The average Bonchev–Trinajstić information content (AvgIpc) is 3.43. The lowest BCUT2D eigenvalue weighted by Crippen LogP contribution is -2.20. The lowest BCUT2D eigenvalue weighted by Gasteiger charge is -2.16. The van der Waals surface area contributed by atoms with E-state index in [4.69, 9.17) is 9.51 Å². The fourth-order valence-corrected chi connectivity index (χ4v) is 4.55. The fourth-order valence-electron chi connectivity index (χ4n) is 4.55. The van der Waals surface area contributed by atoms with Crippen molar-refractivity contribution in [3.8, 4) is 11.3 Å². The highest BCUT2D eigenvalue weighted by Crippen LogP contribution is 2.27. The number of hydrogen-bond donors (Lipinski definition) is 1. The number of pyridine rings is 1. The monoisotopic (exact) mass is 386 g/mol. The molecule has 148 valence electrons. The molecule has 1 aliphatic heterocycles. The number of benzene rings is 1. The van der Waals surface area contributed by atoms with E-state index in [9.17, 15) is 0 Å². The van der Waals surface area contributed by atoms with E-state index in [1.807, 2.05) is 26.1 Å². The largest absolute Gasteiger partial charge is 0.361 e. The summed E-state index contributed by atoms with van der Waals surface area (Å²) in [5, 5.41) is 5.34. The zero-order valence-corrected chi connectivity index (χ0v) is 17.0. The summed E-state index contributed by atoms with van der Waals surface area (Å²) in [6.07, 6.45) is 4.25. The summed E-state index contributed by atoms with van der Waals surface area (Å²) >= 11 is 0. The Morgan fingerprint density at radius 1 is 1.17 bits per heavy atom. The van der Waals surface area contributed by atoms with Crippen molar-refractivity contribution in [2.45, 2.75) is 33.2 Å². The predicted octanol–water partition coefficient (Wildman–Crippen LogP) is 4.90. The topological polar surface area (TPSA) is 58.0 Å². The van der Waals surface area contributed by atoms with Crippen molar-refractivity contribution < 1.29 is 4.52 Å². The van der Waals surface area contributed by atoms with Gasteiger partial charge in [-0.25, -0.2) is 0 Å². The van der Waals surface area contributed by atoms with Crippen molar-refractivity contribution in [3.63, 3.8) is 0 Å². The summed E-state index contributed by atoms with van der Waals surface area (Å²) in [6, 6.07) is 15.1. The van der Waals surface area contributed by atoms with Crippen molar-refractivity contribution in [2.24, 2.45) is 5.92 Å². The summed E-state index contributed by atoms with van der Waals surface area (Å²) in [6.45, 7) is 7.21. The van der Waals surface area contributed by atoms with E-state index in [2.05, 4.69) is 51.4 Å². The zero-order chi connectivity index (χ0) is 19.8. The molecule has 0 unspecified atom stereocenters. The van der Waals surface area contributed by atoms with E-state index in [1.165, 1.54) is 22.9 Å². The molecule has 4 aromatic rings. The van der Waals surface area contributed by atoms with Crippen LogP contribution in [0.25, 0.3) is 22.2 Å². The van der Waals surface area contributed by atoms with Crippen molar-refractivity contribution in [3.05, 3.63) is 71.4 Å². The van der Waals surface area contributed by atoms with Crippen molar-refractivity contribution in [1.29, 1.82) is 0 Å². The van der Waals surface area contributed by atoms with Gasteiger partial charge in [0.05, 0.1) is 17.0 Å². The van der Waals surface area contributed by atoms with Gasteiger partial charge < -0.3 is 9.51 Å². The standard InChI is InChI=1S/C24H26N4O/c1-16-24(17(2)29-27-16)22-5-3-4-21(26-22)12-19-9-11-28(15-19)14-18-6-7-20-8-10-25-23(20)13-18/h3-8,10,13,19,25H,9,11-12,14-15H2,1-2H3/t19-/m0/s1. The summed E-state index contributed by atoms with van der Waals surface area (Å²) in [5.41, 5.74) is 6.64. The Bertz CT molecular complexity index is 1120. The highest BCUT2D eigenvalue weighted by atomic mass is 16.5. The molecule has 1 fully saturated rings. The van der Waals surface area contributed by atoms with Crippen molar-refractivity contribution in [1.82, 2.24) is 20.0 Å². The fraction of sp³-hybridized carbons (Fsp3) is 0.333. The van der Waals surface area contributed by atoms with E-state index in [0.717, 1.165) is 54.5 Å². The third-order valence-electron chi connectivity index (χ3n) is 5.99. The van der Waals surface area contributed by atoms with E-state index in [1.54, 1.807) is 0 Å². The molecule has 0 amide bonds. The Morgan fingerprint density at radius 2 is 2.10 bits per heavy atom. The highest BCUT2D eigenvalue weighted by molar-refractivity contribution is 5.79. The average molecular weight is 386 g/mol. The van der Waals surface area contributed by atoms with Crippen LogP contribution >= 0.6 is 0 Å². The first-order valence-corrected chi connectivity index (χ1v) is 10.3. The minimum absolute atomic E-state index is 0.650. The number of nitrogens with zero attached hydrogens (tertiary/aromatic N) is 3. The van der Waals surface area contributed by atoms with Crippen LogP contribution in [0.1, 0.15) is 29.1 Å². The summed E-state index contributed by atoms with van der Waals surface area (Å²) in [5.74, 6) is 1.48. The molecule has 0 radical (unpaired) electrons. The van der Waals surface area contributed by atoms with Gasteiger partial charge in [0, 0.05) is 30.5 Å². The predicted molar refractivity (Wildman–Crippen MR) is 115 cm³/mol. The number of rotatable bonds is 5. The zero-order valence-electron chi connectivity index (χ0n) is 17.0. The van der Waals surface area contributed by atoms with E-state index in [-0.39, 0.29) is 0 Å². The van der Waals surface area contributed by atoms with Crippen LogP contribution in [0.5, 0.6) is 0 Å². The van der Waals surface area contributed by atoms with Crippen LogP contribution < -0.4 is 0 Å². The maximum Gasteiger partial charge on any atom is 0.143 e. The molecule has 0 aliphatic carbocycles. The van der Waals surface area contributed by atoms with Gasteiger partial charge in [-0.1, -0.05) is 23.4 Å². The van der Waals surface area contributed by atoms with Crippen LogP contribution in [-0.2, 0) is 13.0 Å². The number of aryl methyl sites for hydroxylation is 2. The Labute approximate surface area is 170 Å². The lowest BCUT2D eigenvalue weighted by atomic mass is 10.0. The van der Waals surface area contributed by atoms with Crippen molar-refractivity contribution >= 4 is 10.9 Å². The maximum absolute atomic E-state index is 5.32. The molecular weight excluding hydrogens is 360 g/mol. The molecule has 5 nitrogen and oxygen atoms in total. The first kappa shape index (κ1) is 18.1. The SMILES string of the molecule is Cc1noc(C)c1-c1cccc(C[C@@H]2CCN(Cc3ccc4cc[nH]c4c3)C2)n1. The molecular formula is C24H26N4O. The first-order valence-electron chi connectivity index (χ1n) is 10.3. The first-order chi connectivity index (χ1) is 14.2. The molecule has 5 rings (SSSR count). The van der Waals surface area contributed by atoms with Crippen molar-refractivity contribution in [2.75, 3.05) is 13.1 Å².